The number of imide groups is 1. The first-order valence-corrected chi connectivity index (χ1v) is 4.87. The molecule has 3 rings (SSSR count). The van der Waals surface area contributed by atoms with E-state index in [9.17, 15) is 9.59 Å². The van der Waals surface area contributed by atoms with Crippen LogP contribution < -0.4 is 10.3 Å². The van der Waals surface area contributed by atoms with E-state index in [0.717, 1.165) is 5.69 Å². The minimum Gasteiger partial charge on any atom is -0.292 e. The van der Waals surface area contributed by atoms with Gasteiger partial charge in [0.15, 0.2) is 12.1 Å². The molecule has 0 aromatic heterocycles. The first kappa shape index (κ1) is 9.02. The van der Waals surface area contributed by atoms with E-state index in [1.165, 1.54) is 5.01 Å². The predicted octanol–water partition coefficient (Wildman–Crippen LogP) is 0.267. The van der Waals surface area contributed by atoms with Crippen molar-refractivity contribution in [2.24, 2.45) is 10.3 Å². The van der Waals surface area contributed by atoms with Gasteiger partial charge in [-0.25, -0.2) is 5.01 Å². The number of amides is 2. The summed E-state index contributed by atoms with van der Waals surface area (Å²) in [4.78, 5) is 22.9. The molecule has 2 unspecified atom stereocenters. The second-order valence-corrected chi connectivity index (χ2v) is 3.63. The monoisotopic (exact) mass is 216 g/mol. The number of fused-ring (bicyclic) bond motifs is 1. The normalized spacial score (nSPS) is 27.1. The lowest BCUT2D eigenvalue weighted by Gasteiger charge is -2.17. The highest BCUT2D eigenvalue weighted by Crippen LogP contribution is 2.28. The van der Waals surface area contributed by atoms with E-state index < -0.39 is 12.1 Å². The van der Waals surface area contributed by atoms with Crippen LogP contribution in [-0.2, 0) is 9.59 Å². The van der Waals surface area contributed by atoms with Crippen LogP contribution in [0.25, 0.3) is 0 Å². The van der Waals surface area contributed by atoms with Crippen LogP contribution in [0, 0.1) is 0 Å². The molecule has 2 atom stereocenters. The Bertz CT molecular complexity index is 485. The number of nitrogens with one attached hydrogen (secondary N) is 1. The van der Waals surface area contributed by atoms with Crippen LogP contribution in [0.15, 0.2) is 40.7 Å². The first-order chi connectivity index (χ1) is 7.77. The molecule has 0 aliphatic carbocycles. The van der Waals surface area contributed by atoms with Crippen LogP contribution in [0.5, 0.6) is 0 Å². The van der Waals surface area contributed by atoms with E-state index in [-0.39, 0.29) is 11.8 Å². The average Bonchev–Trinajstić information content (AvgIpc) is 2.84. The Morgan fingerprint density at radius 2 is 1.88 bits per heavy atom. The lowest BCUT2D eigenvalue weighted by atomic mass is 10.1. The van der Waals surface area contributed by atoms with Crippen molar-refractivity contribution in [1.82, 2.24) is 5.32 Å². The number of para-hydroxylation sites is 1. The fraction of sp³-hybridized carbons (Fsp3) is 0.200. The van der Waals surface area contributed by atoms with Crippen molar-refractivity contribution in [3.63, 3.8) is 0 Å². The summed E-state index contributed by atoms with van der Waals surface area (Å²) in [6.07, 6.45) is 0. The van der Waals surface area contributed by atoms with Crippen LogP contribution in [-0.4, -0.2) is 23.9 Å². The minimum absolute atomic E-state index is 0.344. The van der Waals surface area contributed by atoms with Gasteiger partial charge in [0.25, 0.3) is 11.8 Å². The molecule has 0 bridgehead atoms. The zero-order valence-electron chi connectivity index (χ0n) is 8.20. The smallest absolute Gasteiger partial charge is 0.256 e. The SMILES string of the molecule is O=C1NC(=O)C2C1N=NN2c1ccccc1. The standard InChI is InChI=1S/C10H8N4O2/c15-9-7-8(10(16)11-9)14(13-12-7)6-4-2-1-3-5-6/h1-5,7-8H,(H,11,15,16). The van der Waals surface area contributed by atoms with E-state index in [4.69, 9.17) is 0 Å². The van der Waals surface area contributed by atoms with Crippen molar-refractivity contribution in [3.8, 4) is 0 Å². The Labute approximate surface area is 90.9 Å². The van der Waals surface area contributed by atoms with Crippen molar-refractivity contribution < 1.29 is 9.59 Å². The molecule has 1 N–H and O–H groups in total. The molecule has 6 nitrogen and oxygen atoms in total. The Morgan fingerprint density at radius 1 is 1.12 bits per heavy atom. The number of rotatable bonds is 1. The van der Waals surface area contributed by atoms with E-state index in [1.807, 2.05) is 30.3 Å². The van der Waals surface area contributed by atoms with Gasteiger partial charge in [0.2, 0.25) is 0 Å². The molecule has 2 aliphatic heterocycles. The second kappa shape index (κ2) is 3.13. The first-order valence-electron chi connectivity index (χ1n) is 4.87. The number of hydrogen-bond donors (Lipinski definition) is 1. The third kappa shape index (κ3) is 1.13. The lowest BCUT2D eigenvalue weighted by Crippen LogP contribution is -2.38. The number of carbonyl (C=O) groups excluding carboxylic acids is 2. The number of benzene rings is 1. The Hall–Kier alpha value is -2.24. The van der Waals surface area contributed by atoms with Crippen molar-refractivity contribution in [2.75, 3.05) is 5.01 Å². The van der Waals surface area contributed by atoms with E-state index in [1.54, 1.807) is 0 Å². The van der Waals surface area contributed by atoms with Gasteiger partial charge >= 0.3 is 0 Å². The van der Waals surface area contributed by atoms with Crippen molar-refractivity contribution in [1.29, 1.82) is 0 Å². The number of anilines is 1. The summed E-state index contributed by atoms with van der Waals surface area (Å²) in [5.41, 5.74) is 0.753. The summed E-state index contributed by atoms with van der Waals surface area (Å²) in [5.74, 6) is -0.721. The molecule has 1 aromatic rings. The van der Waals surface area contributed by atoms with Crippen molar-refractivity contribution in [3.05, 3.63) is 30.3 Å². The minimum atomic E-state index is -0.701. The molecular formula is C10H8N4O2. The topological polar surface area (TPSA) is 74.1 Å². The molecular weight excluding hydrogens is 208 g/mol. The highest BCUT2D eigenvalue weighted by Gasteiger charge is 2.49. The van der Waals surface area contributed by atoms with Crippen LogP contribution >= 0.6 is 0 Å². The fourth-order valence-electron chi connectivity index (χ4n) is 1.88. The maximum atomic E-state index is 11.6. The van der Waals surface area contributed by atoms with Crippen molar-refractivity contribution >= 4 is 17.5 Å². The van der Waals surface area contributed by atoms with Gasteiger partial charge in [-0.2, -0.15) is 5.11 Å². The van der Waals surface area contributed by atoms with Crippen LogP contribution in [0.2, 0.25) is 0 Å². The third-order valence-corrected chi connectivity index (χ3v) is 2.64. The molecule has 0 radical (unpaired) electrons. The largest absolute Gasteiger partial charge is 0.292 e. The van der Waals surface area contributed by atoms with E-state index in [2.05, 4.69) is 15.7 Å². The molecule has 2 aliphatic rings. The number of hydrogen-bond acceptors (Lipinski definition) is 5. The molecule has 80 valence electrons. The van der Waals surface area contributed by atoms with Gasteiger partial charge in [-0.05, 0) is 12.1 Å². The predicted molar refractivity (Wildman–Crippen MR) is 54.5 cm³/mol. The quantitative estimate of drug-likeness (QED) is 0.684. The van der Waals surface area contributed by atoms with Gasteiger partial charge in [0, 0.05) is 0 Å². The Kier molecular flexibility index (Phi) is 1.76. The van der Waals surface area contributed by atoms with Gasteiger partial charge in [-0.3, -0.25) is 14.9 Å². The van der Waals surface area contributed by atoms with Crippen LogP contribution in [0.1, 0.15) is 0 Å². The molecule has 16 heavy (non-hydrogen) atoms. The average molecular weight is 216 g/mol. The molecule has 1 saturated heterocycles. The molecule has 0 saturated carbocycles. The van der Waals surface area contributed by atoms with E-state index in [0.29, 0.717) is 0 Å². The van der Waals surface area contributed by atoms with Gasteiger partial charge in [-0.1, -0.05) is 23.4 Å². The lowest BCUT2D eigenvalue weighted by molar-refractivity contribution is -0.125. The summed E-state index contributed by atoms with van der Waals surface area (Å²) in [6, 6.07) is 7.85. The summed E-state index contributed by atoms with van der Waals surface area (Å²) < 4.78 is 0. The second-order valence-electron chi connectivity index (χ2n) is 3.63. The zero-order chi connectivity index (χ0) is 11.1. The molecule has 1 aromatic carbocycles. The molecule has 6 heteroatoms. The van der Waals surface area contributed by atoms with Crippen LogP contribution in [0.4, 0.5) is 5.69 Å². The number of nitrogens with zero attached hydrogens (tertiary/aromatic N) is 3. The Balaban J connectivity index is 1.98. The summed E-state index contributed by atoms with van der Waals surface area (Å²) >= 11 is 0. The summed E-state index contributed by atoms with van der Waals surface area (Å²) in [7, 11) is 0. The fourth-order valence-corrected chi connectivity index (χ4v) is 1.88. The number of carbonyl (C=O) groups is 2. The van der Waals surface area contributed by atoms with Crippen LogP contribution in [0.3, 0.4) is 0 Å². The maximum Gasteiger partial charge on any atom is 0.256 e. The molecule has 2 amide bonds. The van der Waals surface area contributed by atoms with Gasteiger partial charge in [0.1, 0.15) is 0 Å². The highest BCUT2D eigenvalue weighted by molar-refractivity contribution is 6.11. The van der Waals surface area contributed by atoms with Crippen molar-refractivity contribution in [2.45, 2.75) is 12.1 Å². The zero-order valence-corrected chi connectivity index (χ0v) is 8.20. The molecule has 0 spiro atoms. The van der Waals surface area contributed by atoms with Gasteiger partial charge < -0.3 is 0 Å². The summed E-state index contributed by atoms with van der Waals surface area (Å²) in [6.45, 7) is 0. The third-order valence-electron chi connectivity index (χ3n) is 2.64. The maximum absolute atomic E-state index is 11.6. The highest BCUT2D eigenvalue weighted by atomic mass is 16.2. The van der Waals surface area contributed by atoms with Gasteiger partial charge in [-0.15, -0.1) is 0 Å². The Morgan fingerprint density at radius 3 is 2.62 bits per heavy atom. The molecule has 2 heterocycles. The van der Waals surface area contributed by atoms with E-state index >= 15 is 0 Å². The van der Waals surface area contributed by atoms with Gasteiger partial charge in [0.05, 0.1) is 5.69 Å². The molecule has 1 fully saturated rings. The summed E-state index contributed by atoms with van der Waals surface area (Å²) in [5, 5.41) is 11.4.